The largest absolute Gasteiger partial charge is 0.290 e. The predicted molar refractivity (Wildman–Crippen MR) is 42.5 cm³/mol. The van der Waals surface area contributed by atoms with E-state index in [-0.39, 0.29) is 11.5 Å². The lowest BCUT2D eigenvalue weighted by Gasteiger charge is -1.97. The standard InChI is InChI=1S/C9H4N2O/c1-11-9(6-10)7-2-4-8(12)5-3-7/h2-5H. The molecule has 0 aliphatic heterocycles. The highest BCUT2D eigenvalue weighted by atomic mass is 16.1. The molecule has 3 nitrogen and oxygen atoms in total. The van der Waals surface area contributed by atoms with E-state index in [1.54, 1.807) is 6.07 Å². The Balaban J connectivity index is 3.10. The molecule has 1 aliphatic carbocycles. The second-order valence-corrected chi connectivity index (χ2v) is 2.10. The van der Waals surface area contributed by atoms with Crippen molar-refractivity contribution >= 4 is 5.78 Å². The number of hydrogen-bond donors (Lipinski definition) is 0. The Morgan fingerprint density at radius 3 is 2.42 bits per heavy atom. The third-order valence-electron chi connectivity index (χ3n) is 1.35. The molecule has 0 aromatic rings. The van der Waals surface area contributed by atoms with Crippen molar-refractivity contribution in [3.63, 3.8) is 0 Å². The molecular weight excluding hydrogens is 152 g/mol. The van der Waals surface area contributed by atoms with Crippen molar-refractivity contribution in [1.82, 2.24) is 0 Å². The third-order valence-corrected chi connectivity index (χ3v) is 1.35. The molecule has 0 radical (unpaired) electrons. The molecule has 3 heteroatoms. The minimum Gasteiger partial charge on any atom is -0.290 e. The van der Waals surface area contributed by atoms with Crippen LogP contribution in [0.1, 0.15) is 0 Å². The molecule has 0 atom stereocenters. The predicted octanol–water partition coefficient (Wildman–Crippen LogP) is 1.38. The lowest BCUT2D eigenvalue weighted by Crippen LogP contribution is -1.92. The molecule has 0 saturated carbocycles. The molecule has 0 unspecified atom stereocenters. The van der Waals surface area contributed by atoms with Crippen molar-refractivity contribution in [1.29, 1.82) is 5.26 Å². The van der Waals surface area contributed by atoms with Gasteiger partial charge in [0.05, 0.1) is 12.6 Å². The molecule has 0 saturated heterocycles. The lowest BCUT2D eigenvalue weighted by molar-refractivity contribution is -0.110. The molecule has 0 heterocycles. The minimum atomic E-state index is -0.124. The summed E-state index contributed by atoms with van der Waals surface area (Å²) in [6, 6.07) is 1.75. The normalized spacial score (nSPS) is 13.8. The number of ketones is 1. The summed E-state index contributed by atoms with van der Waals surface area (Å²) in [5.74, 6) is -0.124. The van der Waals surface area contributed by atoms with E-state index >= 15 is 0 Å². The second kappa shape index (κ2) is 3.32. The van der Waals surface area contributed by atoms with Gasteiger partial charge in [-0.1, -0.05) is 12.2 Å². The zero-order valence-electron chi connectivity index (χ0n) is 6.11. The van der Waals surface area contributed by atoms with Gasteiger partial charge < -0.3 is 0 Å². The smallest absolute Gasteiger partial charge is 0.268 e. The first-order valence-electron chi connectivity index (χ1n) is 3.20. The average molecular weight is 156 g/mol. The van der Waals surface area contributed by atoms with Crippen LogP contribution in [-0.2, 0) is 4.79 Å². The molecule has 0 bridgehead atoms. The van der Waals surface area contributed by atoms with Gasteiger partial charge in [0.15, 0.2) is 5.78 Å². The fourth-order valence-corrected chi connectivity index (χ4v) is 0.767. The highest BCUT2D eigenvalue weighted by Gasteiger charge is 2.04. The van der Waals surface area contributed by atoms with E-state index in [1.807, 2.05) is 0 Å². The molecule has 0 aromatic heterocycles. The van der Waals surface area contributed by atoms with Gasteiger partial charge in [0.2, 0.25) is 0 Å². The van der Waals surface area contributed by atoms with Crippen LogP contribution in [0.15, 0.2) is 35.6 Å². The molecule has 0 spiro atoms. The van der Waals surface area contributed by atoms with Crippen LogP contribution >= 0.6 is 0 Å². The fourth-order valence-electron chi connectivity index (χ4n) is 0.767. The van der Waals surface area contributed by atoms with Gasteiger partial charge in [-0.3, -0.25) is 4.79 Å². The number of carbonyl (C=O) groups excluding carboxylic acids is 1. The molecule has 0 amide bonds. The van der Waals surface area contributed by atoms with Gasteiger partial charge in [0.1, 0.15) is 0 Å². The van der Waals surface area contributed by atoms with Crippen LogP contribution in [0.25, 0.3) is 4.85 Å². The highest BCUT2D eigenvalue weighted by Crippen LogP contribution is 2.12. The van der Waals surface area contributed by atoms with Crippen LogP contribution in [-0.4, -0.2) is 5.78 Å². The Bertz CT molecular complexity index is 352. The molecule has 1 rings (SSSR count). The minimum absolute atomic E-state index is 0.00926. The third kappa shape index (κ3) is 1.47. The van der Waals surface area contributed by atoms with Crippen molar-refractivity contribution in [2.45, 2.75) is 0 Å². The van der Waals surface area contributed by atoms with Crippen LogP contribution in [0.3, 0.4) is 0 Å². The van der Waals surface area contributed by atoms with Crippen LogP contribution < -0.4 is 0 Å². The zero-order chi connectivity index (χ0) is 8.97. The summed E-state index contributed by atoms with van der Waals surface area (Å²) >= 11 is 0. The molecule has 0 fully saturated rings. The molecule has 0 N–H and O–H groups in total. The Morgan fingerprint density at radius 2 is 2.00 bits per heavy atom. The summed E-state index contributed by atoms with van der Waals surface area (Å²) in [5.41, 5.74) is 0.502. The molecule has 1 aliphatic rings. The van der Waals surface area contributed by atoms with Crippen molar-refractivity contribution in [2.24, 2.45) is 0 Å². The highest BCUT2D eigenvalue weighted by molar-refractivity contribution is 6.01. The van der Waals surface area contributed by atoms with Crippen molar-refractivity contribution in [3.05, 3.63) is 47.0 Å². The summed E-state index contributed by atoms with van der Waals surface area (Å²) in [6.07, 6.45) is 5.60. The SMILES string of the molecule is [C-]#[N+]C(C#N)=C1C=CC(=O)C=C1. The zero-order valence-corrected chi connectivity index (χ0v) is 6.11. The summed E-state index contributed by atoms with van der Waals surface area (Å²) in [6.45, 7) is 6.64. The number of allylic oxidation sites excluding steroid dienone is 6. The van der Waals surface area contributed by atoms with Crippen LogP contribution in [0, 0.1) is 17.9 Å². The average Bonchev–Trinajstić information content (AvgIpc) is 2.10. The van der Waals surface area contributed by atoms with E-state index in [0.29, 0.717) is 5.57 Å². The number of nitriles is 1. The van der Waals surface area contributed by atoms with Gasteiger partial charge in [0, 0.05) is 0 Å². The number of nitrogens with zero attached hydrogens (tertiary/aromatic N) is 2. The van der Waals surface area contributed by atoms with Crippen LogP contribution in [0.4, 0.5) is 0 Å². The first-order chi connectivity index (χ1) is 5.77. The summed E-state index contributed by atoms with van der Waals surface area (Å²) < 4.78 is 0. The molecule has 0 aromatic carbocycles. The monoisotopic (exact) mass is 156 g/mol. The van der Waals surface area contributed by atoms with Crippen molar-refractivity contribution in [2.75, 3.05) is 0 Å². The molecular formula is C9H4N2O. The number of carbonyl (C=O) groups is 1. The van der Waals surface area contributed by atoms with Gasteiger partial charge >= 0.3 is 0 Å². The molecule has 12 heavy (non-hydrogen) atoms. The summed E-state index contributed by atoms with van der Waals surface area (Å²) in [7, 11) is 0. The number of rotatable bonds is 0. The second-order valence-electron chi connectivity index (χ2n) is 2.10. The van der Waals surface area contributed by atoms with E-state index in [4.69, 9.17) is 11.8 Å². The van der Waals surface area contributed by atoms with Crippen molar-refractivity contribution < 1.29 is 4.79 Å². The molecule has 56 valence electrons. The Kier molecular flexibility index (Phi) is 2.20. The van der Waals surface area contributed by atoms with Crippen molar-refractivity contribution in [3.8, 4) is 6.07 Å². The lowest BCUT2D eigenvalue weighted by atomic mass is 10.1. The first kappa shape index (κ1) is 7.97. The van der Waals surface area contributed by atoms with E-state index < -0.39 is 0 Å². The Hall–Kier alpha value is -2.13. The van der Waals surface area contributed by atoms with Gasteiger partial charge in [-0.25, -0.2) is 10.1 Å². The number of hydrogen-bond acceptors (Lipinski definition) is 2. The summed E-state index contributed by atoms with van der Waals surface area (Å²) in [4.78, 5) is 13.7. The van der Waals surface area contributed by atoms with E-state index in [2.05, 4.69) is 4.85 Å². The summed E-state index contributed by atoms with van der Waals surface area (Å²) in [5, 5.41) is 8.47. The fraction of sp³-hybridized carbons (Fsp3) is 0. The van der Waals surface area contributed by atoms with Gasteiger partial charge in [0.25, 0.3) is 5.70 Å². The Morgan fingerprint density at radius 1 is 1.42 bits per heavy atom. The maximum absolute atomic E-state index is 10.7. The topological polar surface area (TPSA) is 45.2 Å². The quantitative estimate of drug-likeness (QED) is 0.393. The van der Waals surface area contributed by atoms with Gasteiger partial charge in [-0.15, -0.1) is 0 Å². The first-order valence-corrected chi connectivity index (χ1v) is 3.20. The maximum atomic E-state index is 10.7. The maximum Gasteiger partial charge on any atom is 0.268 e. The van der Waals surface area contributed by atoms with Crippen LogP contribution in [0.2, 0.25) is 0 Å². The van der Waals surface area contributed by atoms with Crippen LogP contribution in [0.5, 0.6) is 0 Å². The van der Waals surface area contributed by atoms with E-state index in [9.17, 15) is 4.79 Å². The van der Waals surface area contributed by atoms with E-state index in [0.717, 1.165) is 0 Å². The van der Waals surface area contributed by atoms with Gasteiger partial charge in [-0.05, 0) is 17.7 Å². The van der Waals surface area contributed by atoms with Gasteiger partial charge in [-0.2, -0.15) is 0 Å². The Labute approximate surface area is 69.7 Å². The van der Waals surface area contributed by atoms with E-state index in [1.165, 1.54) is 24.3 Å².